The number of benzene rings is 2. The minimum atomic E-state index is 0. The van der Waals surface area contributed by atoms with Crippen LogP contribution < -0.4 is 0 Å². The molecule has 4 aromatic carbocycles. The van der Waals surface area contributed by atoms with E-state index in [0.717, 1.165) is 0 Å². The van der Waals surface area contributed by atoms with E-state index in [1.807, 2.05) is 0 Å². The molecule has 0 amide bonds. The van der Waals surface area contributed by atoms with E-state index in [1.54, 1.807) is 0 Å². The van der Waals surface area contributed by atoms with Gasteiger partial charge in [-0.1, -0.05) is 64.8 Å². The Hall–Kier alpha value is -0.950. The Labute approximate surface area is 219 Å². The maximum atomic E-state index is 4.39. The molecule has 4 rings (SSSR count). The van der Waals surface area contributed by atoms with E-state index in [0.29, 0.717) is 11.8 Å². The van der Waals surface area contributed by atoms with Crippen LogP contribution in [0.2, 0.25) is 0 Å². The molecule has 0 aliphatic heterocycles. The zero-order valence-corrected chi connectivity index (χ0v) is 25.2. The third-order valence-electron chi connectivity index (χ3n) is 5.10. The van der Waals surface area contributed by atoms with Gasteiger partial charge in [0.1, 0.15) is 0 Å². The Morgan fingerprint density at radius 2 is 1.03 bits per heavy atom. The van der Waals surface area contributed by atoms with Crippen LogP contribution in [0.3, 0.4) is 0 Å². The van der Waals surface area contributed by atoms with E-state index in [4.69, 9.17) is 0 Å². The van der Waals surface area contributed by atoms with Crippen LogP contribution in [0.15, 0.2) is 60.7 Å². The molecule has 174 valence electrons. The molecule has 0 aliphatic rings. The molecule has 4 aromatic rings. The van der Waals surface area contributed by atoms with Gasteiger partial charge in [0.05, 0.1) is 0 Å². The van der Waals surface area contributed by atoms with E-state index in [2.05, 4.69) is 127 Å². The van der Waals surface area contributed by atoms with Crippen LogP contribution in [0, 0.1) is 35.1 Å². The molecule has 0 fully saturated rings. The molecule has 2 radical (unpaired) electrons. The van der Waals surface area contributed by atoms with Crippen molar-refractivity contribution in [3.63, 3.8) is 0 Å². The predicted molar refractivity (Wildman–Crippen MR) is 147 cm³/mol. The van der Waals surface area contributed by atoms with Crippen LogP contribution in [0.4, 0.5) is 0 Å². The molecule has 3 heteroatoms. The van der Waals surface area contributed by atoms with Gasteiger partial charge in [-0.05, 0) is 11.8 Å². The molecule has 0 bridgehead atoms. The van der Waals surface area contributed by atoms with E-state index < -0.39 is 0 Å². The van der Waals surface area contributed by atoms with Gasteiger partial charge < -0.3 is 26.5 Å². The van der Waals surface area contributed by atoms with E-state index in [1.165, 1.54) is 67.1 Å². The maximum absolute atomic E-state index is 4.39. The molecule has 0 saturated heterocycles. The van der Waals surface area contributed by atoms with Crippen molar-refractivity contribution < 1.29 is 23.3 Å². The second-order valence-corrected chi connectivity index (χ2v) is 8.08. The summed E-state index contributed by atoms with van der Waals surface area (Å²) in [4.78, 5) is 0. The number of fused-ring (bicyclic) bond motifs is 2. The monoisotopic (exact) mass is 539 g/mol. The van der Waals surface area contributed by atoms with E-state index in [-0.39, 0.29) is 14.9 Å². The van der Waals surface area contributed by atoms with Gasteiger partial charge >= 0.3 is 30.2 Å². The Kier molecular flexibility index (Phi) is 17.3. The van der Waals surface area contributed by atoms with Crippen molar-refractivity contribution >= 4 is 40.0 Å². The Morgan fingerprint density at radius 3 is 1.31 bits per heavy atom. The molecule has 32 heavy (non-hydrogen) atoms. The summed E-state index contributed by atoms with van der Waals surface area (Å²) in [5, 5.41) is 5.61. The summed E-state index contributed by atoms with van der Waals surface area (Å²) < 4.78 is 0. The Bertz CT molecular complexity index is 956. The first-order chi connectivity index (χ1) is 14.4. The van der Waals surface area contributed by atoms with Gasteiger partial charge in [0.15, 0.2) is 0 Å². The Morgan fingerprint density at radius 1 is 0.719 bits per heavy atom. The third-order valence-corrected chi connectivity index (χ3v) is 5.10. The van der Waals surface area contributed by atoms with Gasteiger partial charge in [-0.3, -0.25) is 6.38 Å². The topological polar surface area (TPSA) is 0 Å². The first-order valence-electron chi connectivity index (χ1n) is 10.2. The normalized spacial score (nSPS) is 9.53. The third kappa shape index (κ3) is 8.77. The zero-order chi connectivity index (χ0) is 22.8. The summed E-state index contributed by atoms with van der Waals surface area (Å²) in [7, 11) is 0. The fourth-order valence-electron chi connectivity index (χ4n) is 3.82. The molecule has 0 atom stereocenters. The molecule has 0 unspecified atom stereocenters. The number of hydrogen-bond donors (Lipinski definition) is 0. The molecule has 0 heterocycles. The van der Waals surface area contributed by atoms with Gasteiger partial charge in [-0.25, -0.2) is 0 Å². The summed E-state index contributed by atoms with van der Waals surface area (Å²) in [6, 6.07) is 22.2. The minimum absolute atomic E-state index is 0. The molecular weight excluding hydrogens is 503 g/mol. The molecule has 0 aromatic heterocycles. The first-order valence-corrected chi connectivity index (χ1v) is 14.9. The van der Waals surface area contributed by atoms with Crippen molar-refractivity contribution in [3.8, 4) is 0 Å². The standard InChI is InChI=1S/2C13H15.CH2Cl.2CH3.Si.Zr/c2*1-9(2)12-6-4-5-11-7-10(3)8-13(11)12;1-2;;;;/h2*4-9H,1-3H3;1H2;2*1H3;;/q5*-1;;. The van der Waals surface area contributed by atoms with Gasteiger partial charge in [0, 0.05) is 0 Å². The average molecular weight is 541 g/mol. The fraction of sp³-hybridized carbons (Fsp3) is 0.276. The van der Waals surface area contributed by atoms with Crippen LogP contribution in [-0.4, -0.2) is 6.88 Å². The molecule has 0 spiro atoms. The van der Waals surface area contributed by atoms with Crippen LogP contribution in [0.1, 0.15) is 61.8 Å². The SMILES string of the molecule is Cc1cc2c(C(C)C)cccc2[cH-]1.Cc1cc2c(C(C)C)cccc2[cH-]1.[CH2-]Cl.[CH3-].[CH3-].[Si]=[Zr]. The number of rotatable bonds is 2. The van der Waals surface area contributed by atoms with Crippen molar-refractivity contribution in [2.24, 2.45) is 0 Å². The molecule has 0 saturated carbocycles. The first kappa shape index (κ1) is 33.2. The summed E-state index contributed by atoms with van der Waals surface area (Å²) in [5.74, 6) is 1.23. The van der Waals surface area contributed by atoms with E-state index >= 15 is 0 Å². The molecular formula is C29H38ClSiZr-5. The van der Waals surface area contributed by atoms with E-state index in [9.17, 15) is 0 Å². The van der Waals surface area contributed by atoms with Crippen molar-refractivity contribution in [1.82, 2.24) is 0 Å². The van der Waals surface area contributed by atoms with Crippen LogP contribution in [0.25, 0.3) is 21.5 Å². The second-order valence-electron chi connectivity index (χ2n) is 8.08. The molecule has 0 nitrogen and oxygen atoms in total. The van der Waals surface area contributed by atoms with Gasteiger partial charge in [0.2, 0.25) is 0 Å². The number of hydrogen-bond acceptors (Lipinski definition) is 0. The summed E-state index contributed by atoms with van der Waals surface area (Å²) in [6.45, 7) is 16.4. The quantitative estimate of drug-likeness (QED) is 0.175. The number of aryl methyl sites for hydroxylation is 2. The summed E-state index contributed by atoms with van der Waals surface area (Å²) >= 11 is 5.74. The zero-order valence-electron chi connectivity index (χ0n) is 21.0. The second kappa shape index (κ2) is 16.6. The van der Waals surface area contributed by atoms with Gasteiger partial charge in [-0.15, -0.1) is 69.1 Å². The predicted octanol–water partition coefficient (Wildman–Crippen LogP) is 9.52. The van der Waals surface area contributed by atoms with Crippen LogP contribution in [0.5, 0.6) is 0 Å². The Balaban J connectivity index is 0. The number of halogens is 1. The van der Waals surface area contributed by atoms with Crippen molar-refractivity contribution in [1.29, 1.82) is 0 Å². The molecule has 0 N–H and O–H groups in total. The summed E-state index contributed by atoms with van der Waals surface area (Å²) in [6.07, 6.45) is 2.72. The average Bonchev–Trinajstić information content (AvgIpc) is 3.31. The summed E-state index contributed by atoms with van der Waals surface area (Å²) in [5.41, 5.74) is 5.66. The molecule has 0 aliphatic carbocycles. The van der Waals surface area contributed by atoms with Crippen molar-refractivity contribution in [2.45, 2.75) is 53.4 Å². The van der Waals surface area contributed by atoms with Crippen molar-refractivity contribution in [3.05, 3.63) is 104 Å². The van der Waals surface area contributed by atoms with Gasteiger partial charge in [-0.2, -0.15) is 12.1 Å². The van der Waals surface area contributed by atoms with Crippen LogP contribution in [-0.2, 0) is 23.3 Å². The van der Waals surface area contributed by atoms with Crippen LogP contribution >= 0.6 is 11.6 Å². The van der Waals surface area contributed by atoms with Gasteiger partial charge in [0.25, 0.3) is 0 Å². The fourth-order valence-corrected chi connectivity index (χ4v) is 3.82. The van der Waals surface area contributed by atoms with Crippen molar-refractivity contribution in [2.75, 3.05) is 0 Å².